The van der Waals surface area contributed by atoms with Crippen LogP contribution < -0.4 is 10.2 Å². The number of benzene rings is 1. The lowest BCUT2D eigenvalue weighted by atomic mass is 10.2. The summed E-state index contributed by atoms with van der Waals surface area (Å²) < 4.78 is 0. The molecule has 0 saturated heterocycles. The Bertz CT molecular complexity index is 453. The molecule has 2 N–H and O–H groups in total. The van der Waals surface area contributed by atoms with E-state index in [1.165, 1.54) is 4.90 Å². The predicted molar refractivity (Wildman–Crippen MR) is 87.0 cm³/mol. The number of rotatable bonds is 8. The van der Waals surface area contributed by atoms with E-state index in [-0.39, 0.29) is 19.0 Å². The van der Waals surface area contributed by atoms with Crippen molar-refractivity contribution < 1.29 is 14.7 Å². The Morgan fingerprint density at radius 2 is 2.00 bits per heavy atom. The van der Waals surface area contributed by atoms with Gasteiger partial charge in [0.15, 0.2) is 0 Å². The predicted octanol–water partition coefficient (Wildman–Crippen LogP) is 2.82. The number of carbonyl (C=O) groups is 2. The van der Waals surface area contributed by atoms with Crippen molar-refractivity contribution in [1.82, 2.24) is 5.32 Å². The summed E-state index contributed by atoms with van der Waals surface area (Å²) in [5, 5.41) is 12.1. The van der Waals surface area contributed by atoms with Crippen LogP contribution in [0.4, 0.5) is 10.5 Å². The van der Waals surface area contributed by atoms with Crippen molar-refractivity contribution >= 4 is 29.4 Å². The maximum absolute atomic E-state index is 12.2. The van der Waals surface area contributed by atoms with Gasteiger partial charge < -0.3 is 10.4 Å². The summed E-state index contributed by atoms with van der Waals surface area (Å²) in [6.07, 6.45) is 2.84. The number of carbonyl (C=O) groups excluding carboxylic acids is 1. The van der Waals surface area contributed by atoms with E-state index in [0.29, 0.717) is 17.5 Å². The Labute approximate surface area is 129 Å². The smallest absolute Gasteiger partial charge is 0.321 e. The van der Waals surface area contributed by atoms with E-state index >= 15 is 0 Å². The van der Waals surface area contributed by atoms with Gasteiger partial charge in [-0.1, -0.05) is 25.1 Å². The van der Waals surface area contributed by atoms with Crippen LogP contribution in [0.1, 0.15) is 19.8 Å². The van der Waals surface area contributed by atoms with E-state index in [0.717, 1.165) is 6.42 Å². The second-order valence-electron chi connectivity index (χ2n) is 4.70. The van der Waals surface area contributed by atoms with Gasteiger partial charge in [0.25, 0.3) is 0 Å². The summed E-state index contributed by atoms with van der Waals surface area (Å²) in [5.41, 5.74) is 0.703. The molecule has 1 rings (SSSR count). The normalized spacial score (nSPS) is 11.7. The molecule has 1 unspecified atom stereocenters. The number of anilines is 1. The topological polar surface area (TPSA) is 69.6 Å². The highest BCUT2D eigenvalue weighted by Gasteiger charge is 2.16. The van der Waals surface area contributed by atoms with Crippen LogP contribution >= 0.6 is 11.8 Å². The third kappa shape index (κ3) is 6.53. The fourth-order valence-corrected chi connectivity index (χ4v) is 2.11. The third-order valence-corrected chi connectivity index (χ3v) is 4.13. The molecule has 1 aromatic carbocycles. The molecule has 0 fully saturated rings. The molecule has 0 radical (unpaired) electrons. The number of carboxylic acids is 1. The maximum Gasteiger partial charge on any atom is 0.321 e. The minimum Gasteiger partial charge on any atom is -0.481 e. The van der Waals surface area contributed by atoms with Crippen LogP contribution in [-0.4, -0.2) is 41.7 Å². The molecule has 116 valence electrons. The van der Waals surface area contributed by atoms with E-state index in [4.69, 9.17) is 5.11 Å². The zero-order chi connectivity index (χ0) is 15.7. The summed E-state index contributed by atoms with van der Waals surface area (Å²) in [4.78, 5) is 24.4. The van der Waals surface area contributed by atoms with E-state index in [2.05, 4.69) is 12.2 Å². The average molecular weight is 310 g/mol. The Balaban J connectivity index is 2.63. The minimum absolute atomic E-state index is 0.0798. The van der Waals surface area contributed by atoms with Gasteiger partial charge in [0.1, 0.15) is 0 Å². The molecule has 2 amide bonds. The standard InChI is InChI=1S/C15H22N2O3S/c1-12(21-2)8-10-16-15(20)17(11-9-14(18)19)13-6-4-3-5-7-13/h3-7,12H,8-11H2,1-2H3,(H,16,20)(H,18,19). The summed E-state index contributed by atoms with van der Waals surface area (Å²) in [6, 6.07) is 8.85. The fourth-order valence-electron chi connectivity index (χ4n) is 1.76. The van der Waals surface area contributed by atoms with Gasteiger partial charge in [-0.05, 0) is 24.8 Å². The first-order valence-corrected chi connectivity index (χ1v) is 8.18. The molecule has 5 nitrogen and oxygen atoms in total. The van der Waals surface area contributed by atoms with Crippen molar-refractivity contribution in [3.8, 4) is 0 Å². The molecule has 0 spiro atoms. The number of urea groups is 1. The average Bonchev–Trinajstić information content (AvgIpc) is 2.48. The zero-order valence-corrected chi connectivity index (χ0v) is 13.2. The van der Waals surface area contributed by atoms with E-state index in [1.807, 2.05) is 24.5 Å². The SMILES string of the molecule is CSC(C)CCNC(=O)N(CCC(=O)O)c1ccccc1. The quantitative estimate of drug-likeness (QED) is 0.774. The van der Waals surface area contributed by atoms with Gasteiger partial charge in [-0.25, -0.2) is 4.79 Å². The first-order valence-electron chi connectivity index (χ1n) is 6.89. The second kappa shape index (κ2) is 9.28. The molecular weight excluding hydrogens is 288 g/mol. The molecule has 6 heteroatoms. The molecule has 0 heterocycles. The molecule has 0 aliphatic carbocycles. The molecule has 0 saturated carbocycles. The number of aliphatic carboxylic acids is 1. The Kier molecular flexibility index (Phi) is 7.68. The lowest BCUT2D eigenvalue weighted by Crippen LogP contribution is -2.42. The maximum atomic E-state index is 12.2. The van der Waals surface area contributed by atoms with Gasteiger partial charge in [-0.15, -0.1) is 0 Å². The number of nitrogens with zero attached hydrogens (tertiary/aromatic N) is 1. The Morgan fingerprint density at radius 3 is 2.57 bits per heavy atom. The highest BCUT2D eigenvalue weighted by Crippen LogP contribution is 2.14. The summed E-state index contributed by atoms with van der Waals surface area (Å²) in [5.74, 6) is -0.917. The first kappa shape index (κ1) is 17.4. The molecule has 0 aliphatic heterocycles. The van der Waals surface area contributed by atoms with Crippen LogP contribution in [0.2, 0.25) is 0 Å². The molecule has 1 atom stereocenters. The van der Waals surface area contributed by atoms with E-state index < -0.39 is 5.97 Å². The van der Waals surface area contributed by atoms with E-state index in [9.17, 15) is 9.59 Å². The lowest BCUT2D eigenvalue weighted by molar-refractivity contribution is -0.136. The van der Waals surface area contributed by atoms with Crippen molar-refractivity contribution in [2.75, 3.05) is 24.2 Å². The lowest BCUT2D eigenvalue weighted by Gasteiger charge is -2.23. The molecule has 1 aromatic rings. The zero-order valence-electron chi connectivity index (χ0n) is 12.4. The van der Waals surface area contributed by atoms with Gasteiger partial charge in [-0.2, -0.15) is 11.8 Å². The van der Waals surface area contributed by atoms with Crippen molar-refractivity contribution in [1.29, 1.82) is 0 Å². The van der Waals surface area contributed by atoms with Crippen molar-refractivity contribution in [3.05, 3.63) is 30.3 Å². The van der Waals surface area contributed by atoms with Crippen LogP contribution in [0, 0.1) is 0 Å². The molecule has 0 bridgehead atoms. The fraction of sp³-hybridized carbons (Fsp3) is 0.467. The first-order chi connectivity index (χ1) is 10.0. The van der Waals surface area contributed by atoms with Gasteiger partial charge in [-0.3, -0.25) is 9.69 Å². The molecule has 0 aliphatic rings. The number of amides is 2. The molecule has 21 heavy (non-hydrogen) atoms. The van der Waals surface area contributed by atoms with Crippen LogP contribution in [0.15, 0.2) is 30.3 Å². The summed E-state index contributed by atoms with van der Waals surface area (Å²) in [6.45, 7) is 2.84. The number of para-hydroxylation sites is 1. The highest BCUT2D eigenvalue weighted by molar-refractivity contribution is 7.99. The number of nitrogens with one attached hydrogen (secondary N) is 1. The van der Waals surface area contributed by atoms with Crippen molar-refractivity contribution in [2.45, 2.75) is 25.0 Å². The van der Waals surface area contributed by atoms with Crippen LogP contribution in [0.5, 0.6) is 0 Å². The van der Waals surface area contributed by atoms with Crippen LogP contribution in [0.3, 0.4) is 0 Å². The second-order valence-corrected chi connectivity index (χ2v) is 5.97. The highest BCUT2D eigenvalue weighted by atomic mass is 32.2. The number of thioether (sulfide) groups is 1. The van der Waals surface area contributed by atoms with E-state index in [1.54, 1.807) is 23.9 Å². The molecule has 0 aromatic heterocycles. The number of hydrogen-bond acceptors (Lipinski definition) is 3. The monoisotopic (exact) mass is 310 g/mol. The number of hydrogen-bond donors (Lipinski definition) is 2. The Morgan fingerprint density at radius 1 is 1.33 bits per heavy atom. The van der Waals surface area contributed by atoms with Gasteiger partial charge in [0.2, 0.25) is 0 Å². The van der Waals surface area contributed by atoms with Gasteiger partial charge in [0.05, 0.1) is 6.42 Å². The third-order valence-electron chi connectivity index (χ3n) is 3.09. The van der Waals surface area contributed by atoms with Gasteiger partial charge in [0, 0.05) is 24.0 Å². The summed E-state index contributed by atoms with van der Waals surface area (Å²) >= 11 is 1.75. The molecular formula is C15H22N2O3S. The largest absolute Gasteiger partial charge is 0.481 e. The van der Waals surface area contributed by atoms with Crippen LogP contribution in [0.25, 0.3) is 0 Å². The van der Waals surface area contributed by atoms with Crippen molar-refractivity contribution in [3.63, 3.8) is 0 Å². The van der Waals surface area contributed by atoms with Gasteiger partial charge >= 0.3 is 12.0 Å². The summed E-state index contributed by atoms with van der Waals surface area (Å²) in [7, 11) is 0. The van der Waals surface area contributed by atoms with Crippen molar-refractivity contribution in [2.24, 2.45) is 0 Å². The number of carboxylic acid groups (broad SMARTS) is 1. The van der Waals surface area contributed by atoms with Crippen LogP contribution in [-0.2, 0) is 4.79 Å². The minimum atomic E-state index is -0.917. The Hall–Kier alpha value is -1.69.